The van der Waals surface area contributed by atoms with E-state index in [-0.39, 0.29) is 11.3 Å². The van der Waals surface area contributed by atoms with E-state index in [4.69, 9.17) is 4.74 Å². The first-order chi connectivity index (χ1) is 11.0. The van der Waals surface area contributed by atoms with Crippen LogP contribution in [0.5, 0.6) is 0 Å². The summed E-state index contributed by atoms with van der Waals surface area (Å²) in [5.74, 6) is 0.576. The molecule has 0 amide bonds. The van der Waals surface area contributed by atoms with Crippen LogP contribution in [-0.2, 0) is 16.1 Å². The van der Waals surface area contributed by atoms with E-state index < -0.39 is 0 Å². The van der Waals surface area contributed by atoms with E-state index in [9.17, 15) is 4.79 Å². The Labute approximate surface area is 140 Å². The lowest BCUT2D eigenvalue weighted by Gasteiger charge is -2.44. The fraction of sp³-hybridized carbons (Fsp3) is 0.571. The van der Waals surface area contributed by atoms with E-state index in [1.807, 2.05) is 18.2 Å². The van der Waals surface area contributed by atoms with Gasteiger partial charge in [0.25, 0.3) is 0 Å². The van der Waals surface area contributed by atoms with Crippen LogP contribution in [0.25, 0.3) is 0 Å². The molecule has 0 fully saturated rings. The standard InChI is InChI=1S/C21H30O2/c1-5-9-18-12-16(2)20(21(3,4)19(18)13-22)15-23-14-17-10-7-6-8-11-17/h6-8,10-11,13,18-19H,5,9,12,14-15H2,1-4H3/t18-,19+/m0/s1. The Morgan fingerprint density at radius 2 is 1.91 bits per heavy atom. The van der Waals surface area contributed by atoms with E-state index in [0.717, 1.165) is 19.3 Å². The minimum absolute atomic E-state index is 0.0986. The molecule has 0 aliphatic heterocycles. The third-order valence-electron chi connectivity index (χ3n) is 5.37. The summed E-state index contributed by atoms with van der Waals surface area (Å²) < 4.78 is 5.98. The summed E-state index contributed by atoms with van der Waals surface area (Å²) >= 11 is 0. The van der Waals surface area contributed by atoms with Crippen LogP contribution in [0, 0.1) is 17.3 Å². The van der Waals surface area contributed by atoms with Gasteiger partial charge in [0.2, 0.25) is 0 Å². The Hall–Kier alpha value is -1.41. The number of ether oxygens (including phenoxy) is 1. The molecule has 1 aromatic rings. The predicted octanol–water partition coefficient (Wildman–Crippen LogP) is 5.18. The van der Waals surface area contributed by atoms with Gasteiger partial charge < -0.3 is 9.53 Å². The lowest BCUT2D eigenvalue weighted by molar-refractivity contribution is -0.116. The Morgan fingerprint density at radius 3 is 2.52 bits per heavy atom. The van der Waals surface area contributed by atoms with E-state index >= 15 is 0 Å². The quantitative estimate of drug-likeness (QED) is 0.512. The molecule has 0 radical (unpaired) electrons. The second-order valence-electron chi connectivity index (χ2n) is 7.37. The van der Waals surface area contributed by atoms with Crippen LogP contribution in [0.3, 0.4) is 0 Å². The Morgan fingerprint density at radius 1 is 1.22 bits per heavy atom. The third-order valence-corrected chi connectivity index (χ3v) is 5.37. The number of rotatable bonds is 7. The van der Waals surface area contributed by atoms with Gasteiger partial charge in [-0.15, -0.1) is 0 Å². The molecule has 2 rings (SSSR count). The molecule has 2 atom stereocenters. The third kappa shape index (κ3) is 4.11. The minimum atomic E-state index is -0.111. The van der Waals surface area contributed by atoms with Crippen molar-refractivity contribution in [2.75, 3.05) is 6.61 Å². The lowest BCUT2D eigenvalue weighted by atomic mass is 9.61. The van der Waals surface area contributed by atoms with Crippen molar-refractivity contribution in [3.8, 4) is 0 Å². The average Bonchev–Trinajstić information content (AvgIpc) is 2.51. The topological polar surface area (TPSA) is 26.3 Å². The molecule has 2 heteroatoms. The van der Waals surface area contributed by atoms with Crippen molar-refractivity contribution in [2.24, 2.45) is 17.3 Å². The molecule has 126 valence electrons. The molecule has 0 aromatic heterocycles. The molecular formula is C21H30O2. The SMILES string of the molecule is CCC[C@H]1CC(C)=C(COCc2ccccc2)C(C)(C)[C@@H]1C=O. The summed E-state index contributed by atoms with van der Waals surface area (Å²) in [5.41, 5.74) is 3.81. The van der Waals surface area contributed by atoms with E-state index in [2.05, 4.69) is 39.8 Å². The van der Waals surface area contributed by atoms with Crippen molar-refractivity contribution in [2.45, 2.75) is 53.6 Å². The van der Waals surface area contributed by atoms with Crippen molar-refractivity contribution in [3.63, 3.8) is 0 Å². The number of hydrogen-bond donors (Lipinski definition) is 0. The summed E-state index contributed by atoms with van der Waals surface area (Å²) in [7, 11) is 0. The second kappa shape index (κ2) is 7.92. The normalized spacial score (nSPS) is 23.8. The summed E-state index contributed by atoms with van der Waals surface area (Å²) in [5, 5.41) is 0. The fourth-order valence-electron chi connectivity index (χ4n) is 4.07. The van der Waals surface area contributed by atoms with Gasteiger partial charge in [-0.2, -0.15) is 0 Å². The maximum atomic E-state index is 11.7. The van der Waals surface area contributed by atoms with Crippen molar-refractivity contribution in [1.29, 1.82) is 0 Å². The van der Waals surface area contributed by atoms with Crippen LogP contribution >= 0.6 is 0 Å². The molecule has 0 unspecified atom stereocenters. The van der Waals surface area contributed by atoms with Gasteiger partial charge in [0.05, 0.1) is 13.2 Å². The van der Waals surface area contributed by atoms with Crippen molar-refractivity contribution in [3.05, 3.63) is 47.0 Å². The molecule has 0 bridgehead atoms. The van der Waals surface area contributed by atoms with Gasteiger partial charge in [-0.3, -0.25) is 0 Å². The highest BCUT2D eigenvalue weighted by molar-refractivity contribution is 5.58. The summed E-state index contributed by atoms with van der Waals surface area (Å²) in [6.07, 6.45) is 4.48. The van der Waals surface area contributed by atoms with Gasteiger partial charge in [-0.25, -0.2) is 0 Å². The summed E-state index contributed by atoms with van der Waals surface area (Å²) in [6.45, 7) is 10.1. The molecule has 0 saturated carbocycles. The van der Waals surface area contributed by atoms with Crippen molar-refractivity contribution in [1.82, 2.24) is 0 Å². The van der Waals surface area contributed by atoms with Gasteiger partial charge in [-0.1, -0.05) is 63.1 Å². The molecule has 0 saturated heterocycles. The molecule has 1 aliphatic carbocycles. The lowest BCUT2D eigenvalue weighted by Crippen LogP contribution is -2.39. The molecule has 1 aromatic carbocycles. The first-order valence-corrected chi connectivity index (χ1v) is 8.76. The molecule has 2 nitrogen and oxygen atoms in total. The average molecular weight is 314 g/mol. The maximum absolute atomic E-state index is 11.7. The number of hydrogen-bond acceptors (Lipinski definition) is 2. The molecule has 0 heterocycles. The number of allylic oxidation sites excluding steroid dienone is 1. The van der Waals surface area contributed by atoms with Gasteiger partial charge in [0.1, 0.15) is 6.29 Å². The molecular weight excluding hydrogens is 284 g/mol. The van der Waals surface area contributed by atoms with Gasteiger partial charge in [-0.05, 0) is 42.2 Å². The Bertz CT molecular complexity index is 542. The smallest absolute Gasteiger partial charge is 0.124 e. The number of carbonyl (C=O) groups is 1. The van der Waals surface area contributed by atoms with Gasteiger partial charge in [0, 0.05) is 5.92 Å². The van der Waals surface area contributed by atoms with Crippen LogP contribution < -0.4 is 0 Å². The number of aldehydes is 1. The summed E-state index contributed by atoms with van der Waals surface area (Å²) in [6, 6.07) is 10.2. The molecule has 0 N–H and O–H groups in total. The first-order valence-electron chi connectivity index (χ1n) is 8.76. The van der Waals surface area contributed by atoms with E-state index in [1.165, 1.54) is 23.0 Å². The maximum Gasteiger partial charge on any atom is 0.124 e. The number of benzene rings is 1. The molecule has 1 aliphatic rings. The van der Waals surface area contributed by atoms with Crippen LogP contribution in [0.2, 0.25) is 0 Å². The molecule has 0 spiro atoms. The highest BCUT2D eigenvalue weighted by Gasteiger charge is 2.42. The highest BCUT2D eigenvalue weighted by Crippen LogP contribution is 2.48. The zero-order chi connectivity index (χ0) is 16.9. The van der Waals surface area contributed by atoms with E-state index in [0.29, 0.717) is 19.1 Å². The Kier molecular flexibility index (Phi) is 6.17. The highest BCUT2D eigenvalue weighted by atomic mass is 16.5. The van der Waals surface area contributed by atoms with Crippen LogP contribution in [0.1, 0.15) is 52.5 Å². The zero-order valence-electron chi connectivity index (χ0n) is 15.0. The largest absolute Gasteiger partial charge is 0.372 e. The van der Waals surface area contributed by atoms with Crippen molar-refractivity contribution >= 4 is 6.29 Å². The monoisotopic (exact) mass is 314 g/mol. The van der Waals surface area contributed by atoms with Crippen LogP contribution in [-0.4, -0.2) is 12.9 Å². The first kappa shape index (κ1) is 17.9. The number of carbonyl (C=O) groups excluding carboxylic acids is 1. The van der Waals surface area contributed by atoms with Crippen LogP contribution in [0.15, 0.2) is 41.5 Å². The Balaban J connectivity index is 2.09. The predicted molar refractivity (Wildman–Crippen MR) is 95.1 cm³/mol. The van der Waals surface area contributed by atoms with Crippen LogP contribution in [0.4, 0.5) is 0 Å². The minimum Gasteiger partial charge on any atom is -0.372 e. The van der Waals surface area contributed by atoms with E-state index in [1.54, 1.807) is 0 Å². The van der Waals surface area contributed by atoms with Crippen molar-refractivity contribution < 1.29 is 9.53 Å². The zero-order valence-corrected chi connectivity index (χ0v) is 15.0. The van der Waals surface area contributed by atoms with Gasteiger partial charge >= 0.3 is 0 Å². The second-order valence-corrected chi connectivity index (χ2v) is 7.37. The molecule has 23 heavy (non-hydrogen) atoms. The summed E-state index contributed by atoms with van der Waals surface area (Å²) in [4.78, 5) is 11.7. The fourth-order valence-corrected chi connectivity index (χ4v) is 4.07. The van der Waals surface area contributed by atoms with Gasteiger partial charge in [0.15, 0.2) is 0 Å².